The van der Waals surface area contributed by atoms with Gasteiger partial charge in [0.05, 0.1) is 18.7 Å². The highest BCUT2D eigenvalue weighted by Crippen LogP contribution is 2.36. The zero-order valence-corrected chi connectivity index (χ0v) is 18.3. The van der Waals surface area contributed by atoms with Crippen LogP contribution in [-0.2, 0) is 16.1 Å². The molecule has 164 valence electrons. The summed E-state index contributed by atoms with van der Waals surface area (Å²) in [4.78, 5) is 32.0. The molecule has 8 heteroatoms. The molecule has 1 aromatic carbocycles. The Morgan fingerprint density at radius 1 is 1.29 bits per heavy atom. The van der Waals surface area contributed by atoms with Crippen molar-refractivity contribution in [2.75, 3.05) is 19.7 Å². The van der Waals surface area contributed by atoms with E-state index in [0.717, 1.165) is 37.2 Å². The summed E-state index contributed by atoms with van der Waals surface area (Å²) >= 11 is 1.45. The van der Waals surface area contributed by atoms with Crippen LogP contribution in [0.3, 0.4) is 0 Å². The Bertz CT molecular complexity index is 1090. The fourth-order valence-corrected chi connectivity index (χ4v) is 5.12. The van der Waals surface area contributed by atoms with E-state index in [0.29, 0.717) is 30.5 Å². The van der Waals surface area contributed by atoms with E-state index in [9.17, 15) is 14.0 Å². The van der Waals surface area contributed by atoms with E-state index in [1.807, 2.05) is 5.38 Å². The van der Waals surface area contributed by atoms with Crippen LogP contribution in [0.1, 0.15) is 43.4 Å². The van der Waals surface area contributed by atoms with Crippen LogP contribution in [0.15, 0.2) is 46.7 Å². The molecule has 4 rings (SSSR count). The topological polar surface area (TPSA) is 63.9 Å². The summed E-state index contributed by atoms with van der Waals surface area (Å²) in [6.07, 6.45) is 3.88. The maximum atomic E-state index is 13.4. The molecular weight excluding hydrogens is 417 g/mol. The number of aromatic nitrogens is 2. The van der Waals surface area contributed by atoms with Gasteiger partial charge in [-0.2, -0.15) is 0 Å². The van der Waals surface area contributed by atoms with Crippen molar-refractivity contribution in [3.63, 3.8) is 0 Å². The number of ether oxygens (including phenoxy) is 1. The average Bonchev–Trinajstić information content (AvgIpc) is 3.23. The minimum Gasteiger partial charge on any atom is -0.466 e. The Morgan fingerprint density at radius 3 is 2.74 bits per heavy atom. The number of thiazole rings is 1. The van der Waals surface area contributed by atoms with Crippen LogP contribution in [0.4, 0.5) is 4.39 Å². The number of hydrogen-bond acceptors (Lipinski definition) is 6. The zero-order valence-electron chi connectivity index (χ0n) is 17.5. The van der Waals surface area contributed by atoms with Gasteiger partial charge in [-0.25, -0.2) is 9.37 Å². The summed E-state index contributed by atoms with van der Waals surface area (Å²) < 4.78 is 20.2. The average molecular weight is 444 g/mol. The second-order valence-electron chi connectivity index (χ2n) is 7.92. The maximum absolute atomic E-state index is 13.4. The SMILES string of the molecule is CCOC(=O)C[C@H](c1ccc(F)cc1)C1CCN(Cc2cc(=O)n3ccsc3n2)CC1. The highest BCUT2D eigenvalue weighted by atomic mass is 32.1. The number of rotatable bonds is 7. The minimum absolute atomic E-state index is 0.00652. The number of halogens is 1. The number of esters is 1. The molecule has 0 N–H and O–H groups in total. The molecule has 1 saturated heterocycles. The summed E-state index contributed by atoms with van der Waals surface area (Å²) in [5.74, 6) is -0.177. The van der Waals surface area contributed by atoms with E-state index in [2.05, 4.69) is 9.88 Å². The lowest BCUT2D eigenvalue weighted by Gasteiger charge is -2.36. The van der Waals surface area contributed by atoms with Crippen LogP contribution in [0, 0.1) is 11.7 Å². The number of carbonyl (C=O) groups excluding carboxylic acids is 1. The van der Waals surface area contributed by atoms with Crippen LogP contribution < -0.4 is 5.56 Å². The number of piperidine rings is 1. The minimum atomic E-state index is -0.278. The van der Waals surface area contributed by atoms with Gasteiger partial charge in [-0.1, -0.05) is 12.1 Å². The molecule has 3 heterocycles. The molecule has 1 atom stereocenters. The predicted octanol–water partition coefficient (Wildman–Crippen LogP) is 3.84. The molecule has 0 radical (unpaired) electrons. The van der Waals surface area contributed by atoms with Crippen molar-refractivity contribution in [2.45, 2.75) is 38.6 Å². The molecule has 3 aromatic rings. The molecule has 1 fully saturated rings. The van der Waals surface area contributed by atoms with Crippen molar-refractivity contribution < 1.29 is 13.9 Å². The lowest BCUT2D eigenvalue weighted by molar-refractivity contribution is -0.144. The number of likely N-dealkylation sites (tertiary alicyclic amines) is 1. The first-order chi connectivity index (χ1) is 15.0. The van der Waals surface area contributed by atoms with Crippen molar-refractivity contribution >= 4 is 22.3 Å². The molecule has 6 nitrogen and oxygen atoms in total. The van der Waals surface area contributed by atoms with Crippen molar-refractivity contribution in [3.05, 3.63) is 69.3 Å². The summed E-state index contributed by atoms with van der Waals surface area (Å²) in [6.45, 7) is 4.51. The molecule has 0 amide bonds. The summed E-state index contributed by atoms with van der Waals surface area (Å²) in [7, 11) is 0. The molecule has 2 aromatic heterocycles. The van der Waals surface area contributed by atoms with Crippen LogP contribution in [0.5, 0.6) is 0 Å². The zero-order chi connectivity index (χ0) is 21.8. The van der Waals surface area contributed by atoms with Crippen molar-refractivity contribution in [3.8, 4) is 0 Å². The Labute approximate surface area is 184 Å². The summed E-state index contributed by atoms with van der Waals surface area (Å²) in [6, 6.07) is 8.06. The van der Waals surface area contributed by atoms with Gasteiger partial charge in [-0.15, -0.1) is 11.3 Å². The van der Waals surface area contributed by atoms with E-state index < -0.39 is 0 Å². The third-order valence-electron chi connectivity index (χ3n) is 5.93. The number of nitrogens with zero attached hydrogens (tertiary/aromatic N) is 3. The maximum Gasteiger partial charge on any atom is 0.306 e. The van der Waals surface area contributed by atoms with Crippen LogP contribution in [0.2, 0.25) is 0 Å². The highest BCUT2D eigenvalue weighted by molar-refractivity contribution is 7.15. The largest absolute Gasteiger partial charge is 0.466 e. The van der Waals surface area contributed by atoms with Gasteiger partial charge in [0.15, 0.2) is 4.96 Å². The van der Waals surface area contributed by atoms with Crippen molar-refractivity contribution in [1.82, 2.24) is 14.3 Å². The number of carbonyl (C=O) groups is 1. The van der Waals surface area contributed by atoms with Gasteiger partial charge >= 0.3 is 5.97 Å². The molecular formula is C23H26FN3O3S. The second kappa shape index (κ2) is 9.70. The van der Waals surface area contributed by atoms with Crippen molar-refractivity contribution in [2.24, 2.45) is 5.92 Å². The van der Waals surface area contributed by atoms with E-state index in [-0.39, 0.29) is 23.3 Å². The Morgan fingerprint density at radius 2 is 2.03 bits per heavy atom. The van der Waals surface area contributed by atoms with Gasteiger partial charge in [-0.05, 0) is 62.4 Å². The fraction of sp³-hybridized carbons (Fsp3) is 0.435. The standard InChI is InChI=1S/C23H26FN3O3S/c1-2-30-22(29)14-20(16-3-5-18(24)6-4-16)17-7-9-26(10-8-17)15-19-13-21(28)27-11-12-31-23(27)25-19/h3-6,11-13,17,20H,2,7-10,14-15H2,1H3/t20-/m1/s1. The van der Waals surface area contributed by atoms with Crippen LogP contribution >= 0.6 is 11.3 Å². The fourth-order valence-electron chi connectivity index (χ4n) is 4.38. The first-order valence-corrected chi connectivity index (χ1v) is 11.5. The number of hydrogen-bond donors (Lipinski definition) is 0. The quantitative estimate of drug-likeness (QED) is 0.519. The lowest BCUT2D eigenvalue weighted by atomic mass is 9.78. The van der Waals surface area contributed by atoms with Gasteiger partial charge in [-0.3, -0.25) is 18.9 Å². The van der Waals surface area contributed by atoms with E-state index in [4.69, 9.17) is 4.74 Å². The lowest BCUT2D eigenvalue weighted by Crippen LogP contribution is -2.36. The Balaban J connectivity index is 1.43. The van der Waals surface area contributed by atoms with Gasteiger partial charge < -0.3 is 4.74 Å². The number of benzene rings is 1. The van der Waals surface area contributed by atoms with Gasteiger partial charge in [0.1, 0.15) is 5.82 Å². The Kier molecular flexibility index (Phi) is 6.77. The van der Waals surface area contributed by atoms with E-state index in [1.165, 1.54) is 23.5 Å². The smallest absolute Gasteiger partial charge is 0.306 e. The summed E-state index contributed by atoms with van der Waals surface area (Å²) in [5, 5.41) is 1.86. The molecule has 0 aliphatic carbocycles. The Hall–Kier alpha value is -2.58. The van der Waals surface area contributed by atoms with Gasteiger partial charge in [0, 0.05) is 24.2 Å². The third kappa shape index (κ3) is 5.19. The normalized spacial score (nSPS) is 16.5. The molecule has 0 unspecified atom stereocenters. The molecule has 31 heavy (non-hydrogen) atoms. The van der Waals surface area contributed by atoms with E-state index >= 15 is 0 Å². The number of fused-ring (bicyclic) bond motifs is 1. The monoisotopic (exact) mass is 443 g/mol. The third-order valence-corrected chi connectivity index (χ3v) is 6.69. The highest BCUT2D eigenvalue weighted by Gasteiger charge is 2.30. The molecule has 0 bridgehead atoms. The first-order valence-electron chi connectivity index (χ1n) is 10.6. The second-order valence-corrected chi connectivity index (χ2v) is 8.80. The van der Waals surface area contributed by atoms with Crippen LogP contribution in [0.25, 0.3) is 4.96 Å². The van der Waals surface area contributed by atoms with Gasteiger partial charge in [0.25, 0.3) is 5.56 Å². The van der Waals surface area contributed by atoms with Crippen LogP contribution in [-0.4, -0.2) is 40.0 Å². The van der Waals surface area contributed by atoms with E-state index in [1.54, 1.807) is 35.7 Å². The predicted molar refractivity (Wildman–Crippen MR) is 118 cm³/mol. The van der Waals surface area contributed by atoms with Gasteiger partial charge in [0.2, 0.25) is 0 Å². The molecule has 0 saturated carbocycles. The molecule has 0 spiro atoms. The summed E-state index contributed by atoms with van der Waals surface area (Å²) in [5.41, 5.74) is 1.71. The van der Waals surface area contributed by atoms with Crippen molar-refractivity contribution in [1.29, 1.82) is 0 Å². The molecule has 1 aliphatic rings. The molecule has 1 aliphatic heterocycles. The first kappa shape index (κ1) is 21.6.